The highest BCUT2D eigenvalue weighted by Gasteiger charge is 2.25. The van der Waals surface area contributed by atoms with Crippen molar-refractivity contribution in [3.63, 3.8) is 0 Å². The largest absolute Gasteiger partial charge is 0.384 e. The van der Waals surface area contributed by atoms with E-state index in [4.69, 9.17) is 0 Å². The predicted octanol–water partition coefficient (Wildman–Crippen LogP) is 2.80. The molecule has 1 amide bonds. The molecule has 2 rings (SSSR count). The third-order valence-electron chi connectivity index (χ3n) is 2.98. The molecule has 1 atom stereocenters. The highest BCUT2D eigenvalue weighted by atomic mass is 32.1. The Morgan fingerprint density at radius 2 is 1.95 bits per heavy atom. The zero-order valence-corrected chi connectivity index (χ0v) is 11.8. The Hall–Kier alpha value is -1.86. The number of hydrogen-bond donors (Lipinski definition) is 2. The van der Waals surface area contributed by atoms with Crippen molar-refractivity contribution < 1.29 is 23.1 Å². The molecule has 21 heavy (non-hydrogen) atoms. The first-order valence-corrected chi connectivity index (χ1v) is 6.93. The summed E-state index contributed by atoms with van der Waals surface area (Å²) in [5.41, 5.74) is -1.05. The molecule has 1 aromatic heterocycles. The van der Waals surface area contributed by atoms with Gasteiger partial charge in [-0.05, 0) is 41.4 Å². The van der Waals surface area contributed by atoms with Gasteiger partial charge in [0.15, 0.2) is 17.5 Å². The van der Waals surface area contributed by atoms with Crippen LogP contribution in [0.3, 0.4) is 0 Å². The van der Waals surface area contributed by atoms with E-state index < -0.39 is 29.0 Å². The lowest BCUT2D eigenvalue weighted by atomic mass is 9.99. The number of thiophene rings is 1. The fraction of sp³-hybridized carbons (Fsp3) is 0.214. The maximum atomic E-state index is 13.1. The fourth-order valence-corrected chi connectivity index (χ4v) is 2.50. The number of benzene rings is 1. The number of amides is 1. The van der Waals surface area contributed by atoms with Crippen LogP contribution in [0.25, 0.3) is 0 Å². The van der Waals surface area contributed by atoms with Crippen LogP contribution in [0.5, 0.6) is 0 Å². The Morgan fingerprint density at radius 1 is 1.33 bits per heavy atom. The van der Waals surface area contributed by atoms with Gasteiger partial charge in [0.25, 0.3) is 5.91 Å². The number of hydrogen-bond acceptors (Lipinski definition) is 3. The first-order chi connectivity index (χ1) is 9.81. The Kier molecular flexibility index (Phi) is 4.34. The monoisotopic (exact) mass is 315 g/mol. The summed E-state index contributed by atoms with van der Waals surface area (Å²) >= 11 is 1.39. The van der Waals surface area contributed by atoms with E-state index in [1.54, 1.807) is 16.8 Å². The molecule has 0 aliphatic carbocycles. The molecule has 1 heterocycles. The van der Waals surface area contributed by atoms with E-state index in [2.05, 4.69) is 5.32 Å². The fourth-order valence-electron chi connectivity index (χ4n) is 1.71. The highest BCUT2D eigenvalue weighted by Crippen LogP contribution is 2.22. The maximum Gasteiger partial charge on any atom is 0.251 e. The molecule has 7 heteroatoms. The van der Waals surface area contributed by atoms with Crippen LogP contribution in [-0.2, 0) is 5.60 Å². The molecule has 3 nitrogen and oxygen atoms in total. The number of aliphatic hydroxyl groups is 1. The lowest BCUT2D eigenvalue weighted by molar-refractivity contribution is 0.0530. The lowest BCUT2D eigenvalue weighted by Crippen LogP contribution is -2.38. The summed E-state index contributed by atoms with van der Waals surface area (Å²) in [5.74, 6) is -5.31. The zero-order valence-electron chi connectivity index (χ0n) is 11.0. The van der Waals surface area contributed by atoms with Gasteiger partial charge in [-0.15, -0.1) is 0 Å². The number of carbonyl (C=O) groups excluding carboxylic acids is 1. The molecule has 0 radical (unpaired) electrons. The van der Waals surface area contributed by atoms with Crippen molar-refractivity contribution in [3.8, 4) is 0 Å². The van der Waals surface area contributed by atoms with Crippen molar-refractivity contribution in [2.45, 2.75) is 12.5 Å². The first-order valence-electron chi connectivity index (χ1n) is 5.99. The minimum Gasteiger partial charge on any atom is -0.384 e. The number of halogens is 3. The van der Waals surface area contributed by atoms with Crippen LogP contribution in [0.15, 0.2) is 29.0 Å². The van der Waals surface area contributed by atoms with Gasteiger partial charge in [0.2, 0.25) is 0 Å². The zero-order chi connectivity index (χ0) is 15.6. The van der Waals surface area contributed by atoms with Crippen molar-refractivity contribution in [1.82, 2.24) is 5.32 Å². The van der Waals surface area contributed by atoms with E-state index in [0.29, 0.717) is 17.7 Å². The van der Waals surface area contributed by atoms with Crippen LogP contribution in [0.1, 0.15) is 22.8 Å². The van der Waals surface area contributed by atoms with Gasteiger partial charge in [0.05, 0.1) is 6.54 Å². The Labute approximate surface area is 123 Å². The Balaban J connectivity index is 2.09. The van der Waals surface area contributed by atoms with Crippen molar-refractivity contribution >= 4 is 17.2 Å². The van der Waals surface area contributed by atoms with E-state index in [1.165, 1.54) is 18.3 Å². The first kappa shape index (κ1) is 15.5. The summed E-state index contributed by atoms with van der Waals surface area (Å²) in [4.78, 5) is 11.8. The highest BCUT2D eigenvalue weighted by molar-refractivity contribution is 7.08. The van der Waals surface area contributed by atoms with Gasteiger partial charge in [-0.3, -0.25) is 4.79 Å². The maximum absolute atomic E-state index is 13.1. The SMILES string of the molecule is CC(O)(CNC(=O)c1cc(F)c(F)c(F)c1)c1ccsc1. The van der Waals surface area contributed by atoms with Crippen molar-refractivity contribution in [1.29, 1.82) is 0 Å². The quantitative estimate of drug-likeness (QED) is 0.853. The van der Waals surface area contributed by atoms with Gasteiger partial charge in [-0.2, -0.15) is 11.3 Å². The van der Waals surface area contributed by atoms with Crippen LogP contribution in [0.2, 0.25) is 0 Å². The molecule has 0 bridgehead atoms. The van der Waals surface area contributed by atoms with Crippen molar-refractivity contribution in [2.75, 3.05) is 6.54 Å². The minimum atomic E-state index is -1.63. The molecule has 0 aliphatic rings. The number of carbonyl (C=O) groups is 1. The van der Waals surface area contributed by atoms with Crippen LogP contribution < -0.4 is 5.32 Å². The normalized spacial score (nSPS) is 13.8. The molecule has 112 valence electrons. The standard InChI is InChI=1S/C14H12F3NO2S/c1-14(20,9-2-3-21-6-9)7-18-13(19)8-4-10(15)12(17)11(16)5-8/h2-6,20H,7H2,1H3,(H,18,19). The molecule has 2 aromatic rings. The molecule has 0 saturated carbocycles. The van der Waals surface area contributed by atoms with E-state index >= 15 is 0 Å². The smallest absolute Gasteiger partial charge is 0.251 e. The van der Waals surface area contributed by atoms with E-state index in [-0.39, 0.29) is 12.1 Å². The molecule has 1 unspecified atom stereocenters. The summed E-state index contributed by atoms with van der Waals surface area (Å²) in [6.07, 6.45) is 0. The average Bonchev–Trinajstić information content (AvgIpc) is 2.96. The van der Waals surface area contributed by atoms with Gasteiger partial charge in [0, 0.05) is 5.56 Å². The summed E-state index contributed by atoms with van der Waals surface area (Å²) in [6.45, 7) is 1.35. The number of rotatable bonds is 4. The molecule has 0 aliphatic heterocycles. The average molecular weight is 315 g/mol. The van der Waals surface area contributed by atoms with Crippen LogP contribution >= 0.6 is 11.3 Å². The molecule has 0 saturated heterocycles. The van der Waals surface area contributed by atoms with Gasteiger partial charge < -0.3 is 10.4 Å². The molecule has 0 spiro atoms. The summed E-state index contributed by atoms with van der Waals surface area (Å²) in [7, 11) is 0. The van der Waals surface area contributed by atoms with Gasteiger partial charge in [-0.1, -0.05) is 0 Å². The van der Waals surface area contributed by atoms with Gasteiger partial charge in [0.1, 0.15) is 5.60 Å². The van der Waals surface area contributed by atoms with Crippen LogP contribution in [0.4, 0.5) is 13.2 Å². The second-order valence-electron chi connectivity index (χ2n) is 4.72. The molecule has 0 fully saturated rings. The second kappa shape index (κ2) is 5.87. The van der Waals surface area contributed by atoms with E-state index in [9.17, 15) is 23.1 Å². The molecular weight excluding hydrogens is 303 g/mol. The number of nitrogens with one attached hydrogen (secondary N) is 1. The van der Waals surface area contributed by atoms with Crippen LogP contribution in [0, 0.1) is 17.5 Å². The summed E-state index contributed by atoms with van der Waals surface area (Å²) < 4.78 is 38.9. The van der Waals surface area contributed by atoms with Gasteiger partial charge in [-0.25, -0.2) is 13.2 Å². The van der Waals surface area contributed by atoms with E-state index in [0.717, 1.165) is 0 Å². The van der Waals surface area contributed by atoms with Crippen LogP contribution in [-0.4, -0.2) is 17.6 Å². The molecule has 2 N–H and O–H groups in total. The third-order valence-corrected chi connectivity index (χ3v) is 3.67. The summed E-state index contributed by atoms with van der Waals surface area (Å²) in [6, 6.07) is 2.91. The summed E-state index contributed by atoms with van der Waals surface area (Å²) in [5, 5.41) is 16.1. The lowest BCUT2D eigenvalue weighted by Gasteiger charge is -2.22. The second-order valence-corrected chi connectivity index (χ2v) is 5.50. The van der Waals surface area contributed by atoms with Gasteiger partial charge >= 0.3 is 0 Å². The minimum absolute atomic E-state index is 0.150. The van der Waals surface area contributed by atoms with E-state index in [1.807, 2.05) is 0 Å². The Morgan fingerprint density at radius 3 is 2.48 bits per heavy atom. The Bertz CT molecular complexity index is 633. The predicted molar refractivity (Wildman–Crippen MR) is 72.5 cm³/mol. The van der Waals surface area contributed by atoms with Crippen molar-refractivity contribution in [3.05, 3.63) is 57.5 Å². The third kappa shape index (κ3) is 3.43. The topological polar surface area (TPSA) is 49.3 Å². The van der Waals surface area contributed by atoms with Crippen molar-refractivity contribution in [2.24, 2.45) is 0 Å². The molecular formula is C14H12F3NO2S. The molecule has 1 aromatic carbocycles.